The van der Waals surface area contributed by atoms with Crippen molar-refractivity contribution in [1.82, 2.24) is 0 Å². The first-order valence-electron chi connectivity index (χ1n) is 7.64. The molecule has 3 heteroatoms. The van der Waals surface area contributed by atoms with E-state index < -0.39 is 5.97 Å². The van der Waals surface area contributed by atoms with Crippen molar-refractivity contribution in [2.45, 2.75) is 33.1 Å². The molecule has 3 nitrogen and oxygen atoms in total. The summed E-state index contributed by atoms with van der Waals surface area (Å²) in [6.45, 7) is 8.34. The van der Waals surface area contributed by atoms with Gasteiger partial charge in [-0.2, -0.15) is 0 Å². The fraction of sp³-hybridized carbons (Fsp3) is 0.250. The Balaban J connectivity index is 2.05. The minimum atomic E-state index is -0.933. The van der Waals surface area contributed by atoms with Crippen LogP contribution >= 0.6 is 0 Å². The SMILES string of the molecule is Cc1cc2cc(-c3ccc(C(C)(C)C)cc3)oc2cc1C(=O)O. The van der Waals surface area contributed by atoms with Gasteiger partial charge in [-0.25, -0.2) is 4.79 Å². The molecule has 3 rings (SSSR count). The van der Waals surface area contributed by atoms with E-state index in [0.29, 0.717) is 5.58 Å². The van der Waals surface area contributed by atoms with Gasteiger partial charge in [0.1, 0.15) is 11.3 Å². The average Bonchev–Trinajstić information content (AvgIpc) is 2.88. The number of aromatic carboxylic acids is 1. The molecule has 0 saturated carbocycles. The Hall–Kier alpha value is -2.55. The fourth-order valence-electron chi connectivity index (χ4n) is 2.71. The maximum Gasteiger partial charge on any atom is 0.336 e. The molecule has 1 N–H and O–H groups in total. The van der Waals surface area contributed by atoms with Gasteiger partial charge in [0, 0.05) is 10.9 Å². The lowest BCUT2D eigenvalue weighted by molar-refractivity contribution is 0.0696. The van der Waals surface area contributed by atoms with Crippen LogP contribution in [0.2, 0.25) is 0 Å². The largest absolute Gasteiger partial charge is 0.478 e. The molecule has 118 valence electrons. The lowest BCUT2D eigenvalue weighted by Crippen LogP contribution is -2.10. The van der Waals surface area contributed by atoms with E-state index in [1.165, 1.54) is 5.56 Å². The van der Waals surface area contributed by atoms with E-state index in [4.69, 9.17) is 4.42 Å². The Kier molecular flexibility index (Phi) is 3.52. The normalized spacial score (nSPS) is 11.8. The van der Waals surface area contributed by atoms with Crippen LogP contribution in [0.1, 0.15) is 42.3 Å². The van der Waals surface area contributed by atoms with Crippen molar-refractivity contribution in [2.75, 3.05) is 0 Å². The van der Waals surface area contributed by atoms with E-state index >= 15 is 0 Å². The number of rotatable bonds is 2. The standard InChI is InChI=1S/C20H20O3/c1-12-9-14-10-17(23-18(14)11-16(12)19(21)22)13-5-7-15(8-6-13)20(2,3)4/h5-11H,1-4H3,(H,21,22). The Bertz CT molecular complexity index is 878. The molecule has 0 spiro atoms. The Morgan fingerprint density at radius 3 is 2.26 bits per heavy atom. The highest BCUT2D eigenvalue weighted by molar-refractivity contribution is 5.95. The smallest absolute Gasteiger partial charge is 0.336 e. The number of furan rings is 1. The van der Waals surface area contributed by atoms with Gasteiger partial charge < -0.3 is 9.52 Å². The average molecular weight is 308 g/mol. The summed E-state index contributed by atoms with van der Waals surface area (Å²) < 4.78 is 5.86. The molecule has 0 radical (unpaired) electrons. The highest BCUT2D eigenvalue weighted by atomic mass is 16.4. The van der Waals surface area contributed by atoms with Gasteiger partial charge in [-0.3, -0.25) is 0 Å². The van der Waals surface area contributed by atoms with E-state index in [1.54, 1.807) is 13.0 Å². The van der Waals surface area contributed by atoms with Gasteiger partial charge in [-0.15, -0.1) is 0 Å². The van der Waals surface area contributed by atoms with Gasteiger partial charge in [-0.05, 0) is 41.7 Å². The minimum Gasteiger partial charge on any atom is -0.478 e. The summed E-state index contributed by atoms with van der Waals surface area (Å²) in [5.41, 5.74) is 3.98. The number of carbonyl (C=O) groups is 1. The second-order valence-electron chi connectivity index (χ2n) is 6.95. The Morgan fingerprint density at radius 1 is 1.04 bits per heavy atom. The summed E-state index contributed by atoms with van der Waals surface area (Å²) in [4.78, 5) is 11.2. The van der Waals surface area contributed by atoms with Crippen LogP contribution in [-0.2, 0) is 5.41 Å². The zero-order valence-corrected chi connectivity index (χ0v) is 13.8. The maximum atomic E-state index is 11.2. The van der Waals surface area contributed by atoms with Crippen LogP contribution in [0.5, 0.6) is 0 Å². The summed E-state index contributed by atoms with van der Waals surface area (Å²) in [6.07, 6.45) is 0. The molecule has 0 aliphatic carbocycles. The number of fused-ring (bicyclic) bond motifs is 1. The Labute approximate surface area is 135 Å². The first kappa shape index (κ1) is 15.3. The van der Waals surface area contributed by atoms with E-state index in [0.717, 1.165) is 22.3 Å². The monoisotopic (exact) mass is 308 g/mol. The highest BCUT2D eigenvalue weighted by Gasteiger charge is 2.15. The number of benzene rings is 2. The molecule has 0 unspecified atom stereocenters. The lowest BCUT2D eigenvalue weighted by atomic mass is 9.86. The molecular weight excluding hydrogens is 288 g/mol. The molecular formula is C20H20O3. The second-order valence-corrected chi connectivity index (χ2v) is 6.95. The number of carboxylic acids is 1. The van der Waals surface area contributed by atoms with Crippen LogP contribution < -0.4 is 0 Å². The molecule has 0 fully saturated rings. The predicted molar refractivity (Wildman–Crippen MR) is 92.0 cm³/mol. The predicted octanol–water partition coefficient (Wildman–Crippen LogP) is 5.40. The third-order valence-corrected chi connectivity index (χ3v) is 4.13. The molecule has 0 atom stereocenters. The minimum absolute atomic E-state index is 0.111. The number of hydrogen-bond donors (Lipinski definition) is 1. The summed E-state index contributed by atoms with van der Waals surface area (Å²) in [5.74, 6) is -0.181. The van der Waals surface area contributed by atoms with Crippen LogP contribution in [0.3, 0.4) is 0 Å². The van der Waals surface area contributed by atoms with Crippen LogP contribution in [0.4, 0.5) is 0 Å². The first-order chi connectivity index (χ1) is 10.8. The van der Waals surface area contributed by atoms with Crippen LogP contribution in [0.25, 0.3) is 22.3 Å². The van der Waals surface area contributed by atoms with E-state index in [-0.39, 0.29) is 11.0 Å². The van der Waals surface area contributed by atoms with Gasteiger partial charge in [0.15, 0.2) is 0 Å². The molecule has 0 aliphatic heterocycles. The fourth-order valence-corrected chi connectivity index (χ4v) is 2.71. The van der Waals surface area contributed by atoms with Crippen molar-refractivity contribution in [3.05, 3.63) is 59.2 Å². The maximum absolute atomic E-state index is 11.2. The third-order valence-electron chi connectivity index (χ3n) is 4.13. The van der Waals surface area contributed by atoms with Crippen LogP contribution in [-0.4, -0.2) is 11.1 Å². The topological polar surface area (TPSA) is 50.4 Å². The lowest BCUT2D eigenvalue weighted by Gasteiger charge is -2.18. The highest BCUT2D eigenvalue weighted by Crippen LogP contribution is 2.31. The van der Waals surface area contributed by atoms with Gasteiger partial charge in [-0.1, -0.05) is 45.0 Å². The molecule has 1 heterocycles. The van der Waals surface area contributed by atoms with Gasteiger partial charge in [0.25, 0.3) is 0 Å². The van der Waals surface area contributed by atoms with Crippen LogP contribution in [0.15, 0.2) is 46.9 Å². The first-order valence-corrected chi connectivity index (χ1v) is 7.64. The summed E-state index contributed by atoms with van der Waals surface area (Å²) in [5, 5.41) is 10.1. The molecule has 0 aliphatic rings. The molecule has 0 saturated heterocycles. The molecule has 3 aromatic rings. The second kappa shape index (κ2) is 5.27. The number of aryl methyl sites for hydroxylation is 1. The van der Waals surface area contributed by atoms with Crippen molar-refractivity contribution < 1.29 is 14.3 Å². The van der Waals surface area contributed by atoms with Gasteiger partial charge in [0.05, 0.1) is 5.56 Å². The van der Waals surface area contributed by atoms with E-state index in [1.807, 2.05) is 24.3 Å². The molecule has 1 aromatic heterocycles. The molecule has 23 heavy (non-hydrogen) atoms. The van der Waals surface area contributed by atoms with Crippen molar-refractivity contribution in [3.63, 3.8) is 0 Å². The van der Waals surface area contributed by atoms with Crippen molar-refractivity contribution >= 4 is 16.9 Å². The van der Waals surface area contributed by atoms with Gasteiger partial charge in [0.2, 0.25) is 0 Å². The van der Waals surface area contributed by atoms with Crippen molar-refractivity contribution in [3.8, 4) is 11.3 Å². The van der Waals surface area contributed by atoms with E-state index in [9.17, 15) is 9.90 Å². The number of hydrogen-bond acceptors (Lipinski definition) is 2. The molecule has 2 aromatic carbocycles. The number of carboxylic acid groups (broad SMARTS) is 1. The Morgan fingerprint density at radius 2 is 1.70 bits per heavy atom. The van der Waals surface area contributed by atoms with E-state index in [2.05, 4.69) is 32.9 Å². The third kappa shape index (κ3) is 2.87. The zero-order chi connectivity index (χ0) is 16.8. The zero-order valence-electron chi connectivity index (χ0n) is 13.8. The summed E-state index contributed by atoms with van der Waals surface area (Å²) in [7, 11) is 0. The quantitative estimate of drug-likeness (QED) is 0.689. The van der Waals surface area contributed by atoms with Gasteiger partial charge >= 0.3 is 5.97 Å². The van der Waals surface area contributed by atoms with Crippen molar-refractivity contribution in [2.24, 2.45) is 0 Å². The molecule has 0 bridgehead atoms. The van der Waals surface area contributed by atoms with Crippen molar-refractivity contribution in [1.29, 1.82) is 0 Å². The molecule has 0 amide bonds. The summed E-state index contributed by atoms with van der Waals surface area (Å²) >= 11 is 0. The van der Waals surface area contributed by atoms with Crippen LogP contribution in [0, 0.1) is 6.92 Å². The summed E-state index contributed by atoms with van der Waals surface area (Å²) in [6, 6.07) is 13.7.